The number of thioether (sulfide) groups is 1. The summed E-state index contributed by atoms with van der Waals surface area (Å²) in [7, 11) is 0. The van der Waals surface area contributed by atoms with Crippen molar-refractivity contribution in [1.29, 1.82) is 0 Å². The van der Waals surface area contributed by atoms with Crippen LogP contribution in [0.25, 0.3) is 0 Å². The van der Waals surface area contributed by atoms with Crippen LogP contribution in [0.4, 0.5) is 0 Å². The summed E-state index contributed by atoms with van der Waals surface area (Å²) >= 11 is 1.68. The molecule has 0 amide bonds. The lowest BCUT2D eigenvalue weighted by Crippen LogP contribution is -2.33. The minimum absolute atomic E-state index is 0.108. The Balaban J connectivity index is 2.07. The van der Waals surface area contributed by atoms with Crippen LogP contribution in [-0.2, 0) is 6.54 Å². The summed E-state index contributed by atoms with van der Waals surface area (Å²) < 4.78 is 1.73. The summed E-state index contributed by atoms with van der Waals surface area (Å²) in [5, 5.41) is 7.88. The SMILES string of the molecule is CCCn1c(SC2CCCCCCC2N)n[nH]c1=O. The zero-order valence-corrected chi connectivity index (χ0v) is 12.4. The van der Waals surface area contributed by atoms with Crippen LogP contribution in [0, 0.1) is 0 Å². The van der Waals surface area contributed by atoms with Crippen LogP contribution in [0.3, 0.4) is 0 Å². The van der Waals surface area contributed by atoms with Gasteiger partial charge in [0.1, 0.15) is 0 Å². The third-order valence-corrected chi connectivity index (χ3v) is 5.09. The van der Waals surface area contributed by atoms with Gasteiger partial charge in [0.05, 0.1) is 0 Å². The molecule has 1 saturated carbocycles. The van der Waals surface area contributed by atoms with Gasteiger partial charge in [0, 0.05) is 17.8 Å². The molecule has 2 atom stereocenters. The summed E-state index contributed by atoms with van der Waals surface area (Å²) in [4.78, 5) is 11.7. The number of aromatic nitrogens is 3. The Kier molecular flexibility index (Phi) is 5.51. The summed E-state index contributed by atoms with van der Waals surface area (Å²) in [6.45, 7) is 2.79. The first-order chi connectivity index (χ1) is 9.22. The molecule has 19 heavy (non-hydrogen) atoms. The fourth-order valence-corrected chi connectivity index (χ4v) is 3.84. The van der Waals surface area contributed by atoms with E-state index in [1.165, 1.54) is 25.7 Å². The smallest absolute Gasteiger partial charge is 0.327 e. The quantitative estimate of drug-likeness (QED) is 0.888. The predicted octanol–water partition coefficient (Wildman–Crippen LogP) is 2.12. The highest BCUT2D eigenvalue weighted by Crippen LogP contribution is 2.30. The molecule has 1 aromatic heterocycles. The molecule has 108 valence electrons. The van der Waals surface area contributed by atoms with Crippen molar-refractivity contribution in [1.82, 2.24) is 14.8 Å². The van der Waals surface area contributed by atoms with Gasteiger partial charge in [-0.2, -0.15) is 0 Å². The molecule has 2 unspecified atom stereocenters. The van der Waals surface area contributed by atoms with Crippen LogP contribution in [-0.4, -0.2) is 26.1 Å². The fourth-order valence-electron chi connectivity index (χ4n) is 2.57. The third kappa shape index (κ3) is 3.86. The maximum absolute atomic E-state index is 11.7. The first-order valence-corrected chi connectivity index (χ1v) is 8.17. The van der Waals surface area contributed by atoms with Gasteiger partial charge in [0.25, 0.3) is 0 Å². The summed E-state index contributed by atoms with van der Waals surface area (Å²) in [6, 6.07) is 0.215. The van der Waals surface area contributed by atoms with E-state index in [9.17, 15) is 4.79 Å². The van der Waals surface area contributed by atoms with Crippen molar-refractivity contribution in [2.24, 2.45) is 5.73 Å². The lowest BCUT2D eigenvalue weighted by Gasteiger charge is -2.25. The third-order valence-electron chi connectivity index (χ3n) is 3.68. The molecule has 0 aliphatic heterocycles. The minimum atomic E-state index is -0.108. The molecule has 1 heterocycles. The zero-order chi connectivity index (χ0) is 13.7. The molecule has 1 aliphatic rings. The number of H-pyrrole nitrogens is 1. The topological polar surface area (TPSA) is 76.7 Å². The van der Waals surface area contributed by atoms with Crippen LogP contribution in [0.15, 0.2) is 9.95 Å². The van der Waals surface area contributed by atoms with E-state index in [0.717, 1.165) is 31.0 Å². The van der Waals surface area contributed by atoms with Crippen molar-refractivity contribution >= 4 is 11.8 Å². The maximum atomic E-state index is 11.7. The Hall–Kier alpha value is -0.750. The van der Waals surface area contributed by atoms with Crippen LogP contribution in [0.5, 0.6) is 0 Å². The van der Waals surface area contributed by atoms with E-state index in [1.807, 2.05) is 0 Å². The molecule has 1 aromatic rings. The van der Waals surface area contributed by atoms with E-state index < -0.39 is 0 Å². The molecule has 1 fully saturated rings. The van der Waals surface area contributed by atoms with Crippen molar-refractivity contribution in [2.75, 3.05) is 0 Å². The van der Waals surface area contributed by atoms with Crippen LogP contribution in [0.1, 0.15) is 51.9 Å². The minimum Gasteiger partial charge on any atom is -0.327 e. The molecular weight excluding hydrogens is 260 g/mol. The van der Waals surface area contributed by atoms with E-state index in [0.29, 0.717) is 5.25 Å². The first-order valence-electron chi connectivity index (χ1n) is 7.29. The molecule has 0 saturated heterocycles. The highest BCUT2D eigenvalue weighted by Gasteiger charge is 2.23. The lowest BCUT2D eigenvalue weighted by molar-refractivity contribution is 0.462. The van der Waals surface area contributed by atoms with Gasteiger partial charge in [-0.3, -0.25) is 4.57 Å². The maximum Gasteiger partial charge on any atom is 0.343 e. The zero-order valence-electron chi connectivity index (χ0n) is 11.6. The van der Waals surface area contributed by atoms with Gasteiger partial charge in [0.2, 0.25) is 0 Å². The number of nitrogens with one attached hydrogen (secondary N) is 1. The van der Waals surface area contributed by atoms with E-state index >= 15 is 0 Å². The van der Waals surface area contributed by atoms with Crippen molar-refractivity contribution in [3.05, 3.63) is 10.5 Å². The highest BCUT2D eigenvalue weighted by molar-refractivity contribution is 7.99. The van der Waals surface area contributed by atoms with Crippen molar-refractivity contribution in [2.45, 2.75) is 74.9 Å². The second kappa shape index (κ2) is 7.14. The molecule has 0 radical (unpaired) electrons. The Bertz CT molecular complexity index is 442. The number of aromatic amines is 1. The van der Waals surface area contributed by atoms with Gasteiger partial charge in [-0.15, -0.1) is 5.10 Å². The first kappa shape index (κ1) is 14.7. The van der Waals surface area contributed by atoms with Crippen molar-refractivity contribution in [3.63, 3.8) is 0 Å². The molecule has 2 rings (SSSR count). The van der Waals surface area contributed by atoms with Crippen molar-refractivity contribution in [3.8, 4) is 0 Å². The van der Waals surface area contributed by atoms with Gasteiger partial charge in [-0.05, 0) is 19.3 Å². The number of hydrogen-bond donors (Lipinski definition) is 2. The van der Waals surface area contributed by atoms with Crippen LogP contribution < -0.4 is 11.4 Å². The molecular formula is C13H24N4OS. The largest absolute Gasteiger partial charge is 0.343 e. The normalized spacial score (nSPS) is 24.9. The Morgan fingerprint density at radius 2 is 2.11 bits per heavy atom. The second-order valence-electron chi connectivity index (χ2n) is 5.27. The average molecular weight is 284 g/mol. The summed E-state index contributed by atoms with van der Waals surface area (Å²) in [6.07, 6.45) is 8.19. The number of nitrogens with zero attached hydrogens (tertiary/aromatic N) is 2. The average Bonchev–Trinajstić information content (AvgIpc) is 2.72. The lowest BCUT2D eigenvalue weighted by atomic mass is 9.97. The van der Waals surface area contributed by atoms with Gasteiger partial charge in [0.15, 0.2) is 5.16 Å². The Labute approximate surface area is 118 Å². The van der Waals surface area contributed by atoms with Gasteiger partial charge < -0.3 is 5.73 Å². The van der Waals surface area contributed by atoms with E-state index in [4.69, 9.17) is 5.73 Å². The predicted molar refractivity (Wildman–Crippen MR) is 78.5 cm³/mol. The molecule has 0 bridgehead atoms. The van der Waals surface area contributed by atoms with Crippen LogP contribution in [0.2, 0.25) is 0 Å². The van der Waals surface area contributed by atoms with Gasteiger partial charge >= 0.3 is 5.69 Å². The molecule has 1 aliphatic carbocycles. The van der Waals surface area contributed by atoms with Crippen molar-refractivity contribution < 1.29 is 0 Å². The molecule has 0 spiro atoms. The van der Waals surface area contributed by atoms with E-state index in [1.54, 1.807) is 16.3 Å². The Morgan fingerprint density at radius 1 is 1.37 bits per heavy atom. The molecule has 3 N–H and O–H groups in total. The standard InChI is InChI=1S/C13H24N4OS/c1-2-9-17-12(18)15-16-13(17)19-11-8-6-4-3-5-7-10(11)14/h10-11H,2-9,14H2,1H3,(H,15,18). The summed E-state index contributed by atoms with van der Waals surface area (Å²) in [5.74, 6) is 0. The number of hydrogen-bond acceptors (Lipinski definition) is 4. The number of rotatable bonds is 4. The molecule has 5 nitrogen and oxygen atoms in total. The second-order valence-corrected chi connectivity index (χ2v) is 6.48. The highest BCUT2D eigenvalue weighted by atomic mass is 32.2. The van der Waals surface area contributed by atoms with E-state index in [-0.39, 0.29) is 11.7 Å². The number of nitrogens with two attached hydrogens (primary N) is 1. The van der Waals surface area contributed by atoms with Gasteiger partial charge in [-0.25, -0.2) is 9.89 Å². The summed E-state index contributed by atoms with van der Waals surface area (Å²) in [5.41, 5.74) is 6.17. The van der Waals surface area contributed by atoms with Crippen LogP contribution >= 0.6 is 11.8 Å². The fraction of sp³-hybridized carbons (Fsp3) is 0.846. The van der Waals surface area contributed by atoms with E-state index in [2.05, 4.69) is 17.1 Å². The monoisotopic (exact) mass is 284 g/mol. The Morgan fingerprint density at radius 3 is 2.84 bits per heavy atom. The van der Waals surface area contributed by atoms with Gasteiger partial charge in [-0.1, -0.05) is 44.4 Å². The molecule has 0 aromatic carbocycles. The molecule has 6 heteroatoms.